The lowest BCUT2D eigenvalue weighted by Gasteiger charge is -2.31. The number of thioether (sulfide) groups is 1. The van der Waals surface area contributed by atoms with Crippen LogP contribution >= 0.6 is 23.4 Å². The number of carbonyl (C=O) groups excluding carboxylic acids is 1. The van der Waals surface area contributed by atoms with Gasteiger partial charge in [0.15, 0.2) is 0 Å². The number of fused-ring (bicyclic) bond motifs is 1. The number of nitrogens with one attached hydrogen (secondary N) is 1. The summed E-state index contributed by atoms with van der Waals surface area (Å²) in [6, 6.07) is 19.2. The summed E-state index contributed by atoms with van der Waals surface area (Å²) in [5.41, 5.74) is 4.11. The van der Waals surface area contributed by atoms with Gasteiger partial charge in [-0.3, -0.25) is 4.79 Å². The predicted octanol–water partition coefficient (Wildman–Crippen LogP) is 5.37. The van der Waals surface area contributed by atoms with Crippen LogP contribution in [0.15, 0.2) is 78.0 Å². The Hall–Kier alpha value is -3.00. The monoisotopic (exact) mass is 478 g/mol. The number of anilines is 2. The van der Waals surface area contributed by atoms with Crippen molar-refractivity contribution >= 4 is 46.3 Å². The van der Waals surface area contributed by atoms with Crippen LogP contribution in [0, 0.1) is 0 Å². The van der Waals surface area contributed by atoms with E-state index in [-0.39, 0.29) is 5.91 Å². The van der Waals surface area contributed by atoms with Crippen molar-refractivity contribution in [3.63, 3.8) is 0 Å². The molecule has 0 aliphatic carbocycles. The molecular formula is C25H23ClN4O2S. The van der Waals surface area contributed by atoms with Crippen molar-refractivity contribution in [1.82, 2.24) is 9.38 Å². The number of hydrogen-bond acceptors (Lipinski definition) is 5. The average molecular weight is 479 g/mol. The van der Waals surface area contributed by atoms with E-state index in [2.05, 4.69) is 15.2 Å². The summed E-state index contributed by atoms with van der Waals surface area (Å²) >= 11 is 8.17. The molecule has 0 bridgehead atoms. The van der Waals surface area contributed by atoms with Gasteiger partial charge >= 0.3 is 0 Å². The molecule has 0 radical (unpaired) electrons. The molecule has 1 N–H and O–H groups in total. The molecule has 6 nitrogen and oxygen atoms in total. The van der Waals surface area contributed by atoms with E-state index in [0.29, 0.717) is 29.5 Å². The summed E-state index contributed by atoms with van der Waals surface area (Å²) in [5.74, 6) is 0.599. The molecule has 0 spiro atoms. The van der Waals surface area contributed by atoms with Gasteiger partial charge in [0.25, 0.3) is 5.91 Å². The highest BCUT2D eigenvalue weighted by molar-refractivity contribution is 7.98. The van der Waals surface area contributed by atoms with Gasteiger partial charge < -0.3 is 19.4 Å². The molecular weight excluding hydrogens is 456 g/mol. The smallest absolute Gasteiger partial charge is 0.255 e. The Morgan fingerprint density at radius 1 is 1.06 bits per heavy atom. The van der Waals surface area contributed by atoms with Crippen molar-refractivity contribution in [2.75, 3.05) is 36.5 Å². The van der Waals surface area contributed by atoms with Gasteiger partial charge in [0.05, 0.1) is 35.3 Å². The summed E-state index contributed by atoms with van der Waals surface area (Å²) in [6.45, 7) is 2.77. The minimum atomic E-state index is -0.163. The van der Waals surface area contributed by atoms with Gasteiger partial charge in [-0.2, -0.15) is 0 Å². The molecule has 4 aromatic rings. The SMILES string of the molecule is O=C(Nc1cccc(Cl)c1N1CCOCC1)c1ccc(SCc2cn3ccccc3n2)cc1. The van der Waals surface area contributed by atoms with E-state index in [9.17, 15) is 4.79 Å². The van der Waals surface area contributed by atoms with Crippen LogP contribution in [-0.4, -0.2) is 41.6 Å². The lowest BCUT2D eigenvalue weighted by molar-refractivity contribution is 0.102. The molecule has 0 unspecified atom stereocenters. The van der Waals surface area contributed by atoms with E-state index >= 15 is 0 Å². The molecule has 1 amide bonds. The molecule has 1 fully saturated rings. The largest absolute Gasteiger partial charge is 0.378 e. The van der Waals surface area contributed by atoms with Crippen LogP contribution in [0.2, 0.25) is 5.02 Å². The number of hydrogen-bond donors (Lipinski definition) is 1. The third-order valence-electron chi connectivity index (χ3n) is 5.48. The molecule has 1 saturated heterocycles. The number of ether oxygens (including phenoxy) is 1. The highest BCUT2D eigenvalue weighted by Crippen LogP contribution is 2.35. The maximum atomic E-state index is 12.9. The van der Waals surface area contributed by atoms with Crippen molar-refractivity contribution in [3.8, 4) is 0 Å². The Morgan fingerprint density at radius 2 is 1.88 bits per heavy atom. The first-order valence-electron chi connectivity index (χ1n) is 10.8. The minimum absolute atomic E-state index is 0.163. The minimum Gasteiger partial charge on any atom is -0.378 e. The third kappa shape index (κ3) is 5.00. The van der Waals surface area contributed by atoms with E-state index in [1.54, 1.807) is 11.8 Å². The van der Waals surface area contributed by atoms with E-state index in [0.717, 1.165) is 40.8 Å². The Morgan fingerprint density at radius 3 is 2.67 bits per heavy atom. The number of para-hydroxylation sites is 1. The molecule has 0 saturated carbocycles. The van der Waals surface area contributed by atoms with Crippen LogP contribution < -0.4 is 10.2 Å². The van der Waals surface area contributed by atoms with Crippen LogP contribution in [0.3, 0.4) is 0 Å². The number of nitrogens with zero attached hydrogens (tertiary/aromatic N) is 3. The van der Waals surface area contributed by atoms with Crippen molar-refractivity contribution in [1.29, 1.82) is 0 Å². The van der Waals surface area contributed by atoms with Gasteiger partial charge in [-0.05, 0) is 48.5 Å². The standard InChI is InChI=1S/C25H23ClN4O2S/c26-21-4-3-5-22(24(21)29-12-14-32-15-13-29)28-25(31)18-7-9-20(10-8-18)33-17-19-16-30-11-2-1-6-23(30)27-19/h1-11,16H,12-15,17H2,(H,28,31). The lowest BCUT2D eigenvalue weighted by atomic mass is 10.2. The highest BCUT2D eigenvalue weighted by atomic mass is 35.5. The van der Waals surface area contributed by atoms with Crippen molar-refractivity contribution in [2.24, 2.45) is 0 Å². The second kappa shape index (κ2) is 9.87. The number of amides is 1. The van der Waals surface area contributed by atoms with Gasteiger partial charge in [0, 0.05) is 41.7 Å². The van der Waals surface area contributed by atoms with Crippen molar-refractivity contribution in [3.05, 3.63) is 89.3 Å². The van der Waals surface area contributed by atoms with E-state index in [1.807, 2.05) is 77.5 Å². The molecule has 1 aliphatic rings. The van der Waals surface area contributed by atoms with Crippen LogP contribution in [0.1, 0.15) is 16.1 Å². The number of imidazole rings is 1. The number of halogens is 1. The first-order chi connectivity index (χ1) is 16.2. The van der Waals surface area contributed by atoms with Crippen LogP contribution in [0.25, 0.3) is 5.65 Å². The maximum Gasteiger partial charge on any atom is 0.255 e. The summed E-state index contributed by atoms with van der Waals surface area (Å²) in [7, 11) is 0. The van der Waals surface area contributed by atoms with Crippen LogP contribution in [-0.2, 0) is 10.5 Å². The molecule has 8 heteroatoms. The number of carbonyl (C=O) groups is 1. The van der Waals surface area contributed by atoms with Crippen LogP contribution in [0.5, 0.6) is 0 Å². The van der Waals surface area contributed by atoms with Gasteiger partial charge in [0.2, 0.25) is 0 Å². The second-order valence-corrected chi connectivity index (χ2v) is 9.16. The zero-order valence-electron chi connectivity index (χ0n) is 17.9. The summed E-state index contributed by atoms with van der Waals surface area (Å²) in [5, 5.41) is 3.65. The van der Waals surface area contributed by atoms with Gasteiger partial charge in [0.1, 0.15) is 5.65 Å². The molecule has 0 atom stereocenters. The predicted molar refractivity (Wildman–Crippen MR) is 134 cm³/mol. The molecule has 2 aromatic heterocycles. The summed E-state index contributed by atoms with van der Waals surface area (Å²) in [6.07, 6.45) is 4.04. The molecule has 3 heterocycles. The Labute approximate surface area is 201 Å². The van der Waals surface area contributed by atoms with Crippen LogP contribution in [0.4, 0.5) is 11.4 Å². The highest BCUT2D eigenvalue weighted by Gasteiger charge is 2.19. The normalized spacial score (nSPS) is 13.9. The maximum absolute atomic E-state index is 12.9. The molecule has 33 heavy (non-hydrogen) atoms. The fourth-order valence-electron chi connectivity index (χ4n) is 3.84. The number of morpholine rings is 1. The Balaban J connectivity index is 1.25. The number of benzene rings is 2. The van der Waals surface area contributed by atoms with Gasteiger partial charge in [-0.25, -0.2) is 4.98 Å². The third-order valence-corrected chi connectivity index (χ3v) is 6.83. The Bertz CT molecular complexity index is 1240. The number of pyridine rings is 1. The quantitative estimate of drug-likeness (QED) is 0.377. The zero-order chi connectivity index (χ0) is 22.6. The average Bonchev–Trinajstić information content (AvgIpc) is 3.27. The molecule has 1 aliphatic heterocycles. The fourth-order valence-corrected chi connectivity index (χ4v) is 4.91. The van der Waals surface area contributed by atoms with Gasteiger partial charge in [-0.15, -0.1) is 11.8 Å². The van der Waals surface area contributed by atoms with Crippen molar-refractivity contribution < 1.29 is 9.53 Å². The summed E-state index contributed by atoms with van der Waals surface area (Å²) in [4.78, 5) is 20.8. The first kappa shape index (κ1) is 21.8. The summed E-state index contributed by atoms with van der Waals surface area (Å²) < 4.78 is 7.46. The topological polar surface area (TPSA) is 58.9 Å². The van der Waals surface area contributed by atoms with E-state index < -0.39 is 0 Å². The second-order valence-electron chi connectivity index (χ2n) is 7.70. The first-order valence-corrected chi connectivity index (χ1v) is 12.1. The molecule has 5 rings (SSSR count). The number of aromatic nitrogens is 2. The zero-order valence-corrected chi connectivity index (χ0v) is 19.5. The Kier molecular flexibility index (Phi) is 6.53. The van der Waals surface area contributed by atoms with Crippen molar-refractivity contribution in [2.45, 2.75) is 10.6 Å². The number of rotatable bonds is 6. The van der Waals surface area contributed by atoms with E-state index in [1.165, 1.54) is 0 Å². The molecule has 168 valence electrons. The fraction of sp³-hybridized carbons (Fsp3) is 0.200. The lowest BCUT2D eigenvalue weighted by Crippen LogP contribution is -2.37. The van der Waals surface area contributed by atoms with E-state index in [4.69, 9.17) is 16.3 Å². The molecule has 2 aromatic carbocycles. The van der Waals surface area contributed by atoms with Gasteiger partial charge in [-0.1, -0.05) is 23.7 Å².